The number of nitrogens with zero attached hydrogens (tertiary/aromatic N) is 3. The molecule has 5 nitrogen and oxygen atoms in total. The molecule has 1 fully saturated rings. The number of carbonyl (C=O) groups is 1. The summed E-state index contributed by atoms with van der Waals surface area (Å²) >= 11 is 0. The van der Waals surface area contributed by atoms with E-state index in [0.717, 1.165) is 62.1 Å². The smallest absolute Gasteiger partial charge is 0.227 e. The summed E-state index contributed by atoms with van der Waals surface area (Å²) in [7, 11) is 0. The molecule has 1 aliphatic carbocycles. The van der Waals surface area contributed by atoms with Crippen LogP contribution in [-0.2, 0) is 30.6 Å². The van der Waals surface area contributed by atoms with E-state index in [-0.39, 0.29) is 5.91 Å². The lowest BCUT2D eigenvalue weighted by Crippen LogP contribution is -2.48. The number of rotatable bonds is 4. The minimum absolute atomic E-state index is 0.198. The lowest BCUT2D eigenvalue weighted by atomic mass is 10.0. The summed E-state index contributed by atoms with van der Waals surface area (Å²) in [5.74, 6) is 0.198. The number of furan rings is 1. The molecule has 1 amide bonds. The number of amides is 1. The van der Waals surface area contributed by atoms with Gasteiger partial charge >= 0.3 is 0 Å². The molecule has 28 heavy (non-hydrogen) atoms. The lowest BCUT2D eigenvalue weighted by molar-refractivity contribution is -0.132. The van der Waals surface area contributed by atoms with Crippen molar-refractivity contribution in [1.82, 2.24) is 14.8 Å². The van der Waals surface area contributed by atoms with E-state index in [9.17, 15) is 4.79 Å². The normalized spacial score (nSPS) is 17.2. The summed E-state index contributed by atoms with van der Waals surface area (Å²) in [5.41, 5.74) is 5.99. The van der Waals surface area contributed by atoms with Gasteiger partial charge in [-0.15, -0.1) is 0 Å². The Hall–Kier alpha value is -2.66. The van der Waals surface area contributed by atoms with E-state index in [1.165, 1.54) is 23.1 Å². The monoisotopic (exact) mass is 375 g/mol. The van der Waals surface area contributed by atoms with Gasteiger partial charge in [0.1, 0.15) is 5.58 Å². The van der Waals surface area contributed by atoms with Gasteiger partial charge in [0.15, 0.2) is 0 Å². The van der Waals surface area contributed by atoms with Crippen LogP contribution >= 0.6 is 0 Å². The number of benzene rings is 1. The van der Waals surface area contributed by atoms with Crippen molar-refractivity contribution in [3.63, 3.8) is 0 Å². The van der Waals surface area contributed by atoms with Gasteiger partial charge in [-0.05, 0) is 54.2 Å². The topological polar surface area (TPSA) is 49.6 Å². The van der Waals surface area contributed by atoms with Crippen molar-refractivity contribution in [2.45, 2.75) is 32.2 Å². The maximum atomic E-state index is 12.9. The fraction of sp³-hybridized carbons (Fsp3) is 0.391. The third-order valence-electron chi connectivity index (χ3n) is 6.06. The number of fused-ring (bicyclic) bond motifs is 2. The molecule has 0 atom stereocenters. The fourth-order valence-electron chi connectivity index (χ4n) is 4.46. The van der Waals surface area contributed by atoms with Crippen molar-refractivity contribution in [1.29, 1.82) is 0 Å². The van der Waals surface area contributed by atoms with Gasteiger partial charge in [0.25, 0.3) is 0 Å². The minimum Gasteiger partial charge on any atom is -0.464 e. The molecule has 2 aliphatic rings. The minimum atomic E-state index is 0.198. The maximum Gasteiger partial charge on any atom is 0.227 e. The molecule has 1 aliphatic heterocycles. The van der Waals surface area contributed by atoms with Crippen LogP contribution in [0.4, 0.5) is 0 Å². The van der Waals surface area contributed by atoms with Crippen molar-refractivity contribution in [3.8, 4) is 0 Å². The van der Waals surface area contributed by atoms with Gasteiger partial charge in [-0.25, -0.2) is 0 Å². The molecular weight excluding hydrogens is 350 g/mol. The van der Waals surface area contributed by atoms with Crippen LogP contribution in [0, 0.1) is 0 Å². The van der Waals surface area contributed by atoms with E-state index < -0.39 is 0 Å². The Kier molecular flexibility index (Phi) is 4.61. The Morgan fingerprint density at radius 1 is 1.11 bits per heavy atom. The predicted molar refractivity (Wildman–Crippen MR) is 108 cm³/mol. The van der Waals surface area contributed by atoms with E-state index in [1.807, 2.05) is 17.2 Å². The van der Waals surface area contributed by atoms with E-state index in [1.54, 1.807) is 12.5 Å². The van der Waals surface area contributed by atoms with E-state index >= 15 is 0 Å². The van der Waals surface area contributed by atoms with Gasteiger partial charge in [0, 0.05) is 56.1 Å². The molecule has 0 radical (unpaired) electrons. The summed E-state index contributed by atoms with van der Waals surface area (Å²) in [6, 6.07) is 8.49. The van der Waals surface area contributed by atoms with Crippen LogP contribution in [0.2, 0.25) is 0 Å². The number of aromatic nitrogens is 1. The molecule has 144 valence electrons. The van der Waals surface area contributed by atoms with Crippen LogP contribution in [0.25, 0.3) is 11.0 Å². The van der Waals surface area contributed by atoms with Crippen LogP contribution in [-0.4, -0.2) is 46.9 Å². The molecule has 5 heteroatoms. The Labute approximate surface area is 165 Å². The van der Waals surface area contributed by atoms with Crippen molar-refractivity contribution >= 4 is 16.9 Å². The molecule has 3 aromatic rings. The van der Waals surface area contributed by atoms with Crippen LogP contribution in [0.5, 0.6) is 0 Å². The molecule has 0 N–H and O–H groups in total. The van der Waals surface area contributed by atoms with E-state index in [2.05, 4.69) is 28.1 Å². The maximum absolute atomic E-state index is 12.9. The van der Waals surface area contributed by atoms with Crippen molar-refractivity contribution in [2.75, 3.05) is 26.2 Å². The highest BCUT2D eigenvalue weighted by molar-refractivity contribution is 5.88. The van der Waals surface area contributed by atoms with E-state index in [4.69, 9.17) is 4.42 Å². The largest absolute Gasteiger partial charge is 0.464 e. The Balaban J connectivity index is 1.22. The molecule has 0 spiro atoms. The molecule has 2 aromatic heterocycles. The van der Waals surface area contributed by atoms with Crippen LogP contribution in [0.3, 0.4) is 0 Å². The highest BCUT2D eigenvalue weighted by Gasteiger charge is 2.23. The molecule has 1 aromatic carbocycles. The van der Waals surface area contributed by atoms with Gasteiger partial charge in [0.2, 0.25) is 5.91 Å². The number of hydrogen-bond donors (Lipinski definition) is 0. The molecule has 0 unspecified atom stereocenters. The Morgan fingerprint density at radius 2 is 1.93 bits per heavy atom. The summed E-state index contributed by atoms with van der Waals surface area (Å²) in [6.07, 6.45) is 9.42. The quantitative estimate of drug-likeness (QED) is 0.703. The average Bonchev–Trinajstić information content (AvgIpc) is 3.34. The van der Waals surface area contributed by atoms with Crippen molar-refractivity contribution < 1.29 is 9.21 Å². The van der Waals surface area contributed by atoms with Gasteiger partial charge in [-0.3, -0.25) is 14.7 Å². The zero-order chi connectivity index (χ0) is 18.9. The molecule has 5 rings (SSSR count). The third-order valence-corrected chi connectivity index (χ3v) is 6.06. The summed E-state index contributed by atoms with van der Waals surface area (Å²) in [4.78, 5) is 21.4. The zero-order valence-corrected chi connectivity index (χ0v) is 16.1. The van der Waals surface area contributed by atoms with Crippen LogP contribution in [0.15, 0.2) is 47.3 Å². The first-order valence-electron chi connectivity index (χ1n) is 10.2. The van der Waals surface area contributed by atoms with Crippen LogP contribution in [0.1, 0.15) is 28.7 Å². The molecular formula is C23H25N3O2. The highest BCUT2D eigenvalue weighted by atomic mass is 16.3. The highest BCUT2D eigenvalue weighted by Crippen LogP contribution is 2.30. The molecule has 0 bridgehead atoms. The second-order valence-electron chi connectivity index (χ2n) is 7.93. The van der Waals surface area contributed by atoms with Gasteiger partial charge in [-0.2, -0.15) is 0 Å². The first kappa shape index (κ1) is 17.4. The number of aryl methyl sites for hydroxylation is 2. The summed E-state index contributed by atoms with van der Waals surface area (Å²) in [6.45, 7) is 4.27. The SMILES string of the molecule is O=C(Cc1coc2cc3c(cc12)CCC3)N1CCN(Cc2cccnc2)CC1. The van der Waals surface area contributed by atoms with Crippen LogP contribution < -0.4 is 0 Å². The van der Waals surface area contributed by atoms with Crippen molar-refractivity contribution in [3.05, 3.63) is 65.2 Å². The standard InChI is InChI=1S/C23H25N3O2/c27-23(26-9-7-25(8-10-26)15-17-3-2-6-24-14-17)13-20-16-28-22-12-19-5-1-4-18(19)11-21(20)22/h2-3,6,11-12,14,16H,1,4-5,7-10,13,15H2. The lowest BCUT2D eigenvalue weighted by Gasteiger charge is -2.34. The number of pyridine rings is 1. The molecule has 1 saturated heterocycles. The Bertz CT molecular complexity index is 988. The molecule has 3 heterocycles. The second-order valence-corrected chi connectivity index (χ2v) is 7.93. The molecule has 0 saturated carbocycles. The van der Waals surface area contributed by atoms with Crippen molar-refractivity contribution in [2.24, 2.45) is 0 Å². The number of piperazine rings is 1. The van der Waals surface area contributed by atoms with Gasteiger partial charge in [-0.1, -0.05) is 6.07 Å². The zero-order valence-electron chi connectivity index (χ0n) is 16.1. The predicted octanol–water partition coefficient (Wildman–Crippen LogP) is 3.20. The first-order valence-corrected chi connectivity index (χ1v) is 10.2. The van der Waals surface area contributed by atoms with E-state index in [0.29, 0.717) is 6.42 Å². The van der Waals surface area contributed by atoms with Gasteiger partial charge in [0.05, 0.1) is 12.7 Å². The summed E-state index contributed by atoms with van der Waals surface area (Å²) in [5, 5.41) is 1.12. The number of carbonyl (C=O) groups excluding carboxylic acids is 1. The summed E-state index contributed by atoms with van der Waals surface area (Å²) < 4.78 is 5.76. The average molecular weight is 375 g/mol. The second kappa shape index (κ2) is 7.40. The third kappa shape index (κ3) is 3.42. The first-order chi connectivity index (χ1) is 13.8. The Morgan fingerprint density at radius 3 is 2.71 bits per heavy atom. The number of hydrogen-bond acceptors (Lipinski definition) is 4. The fourth-order valence-corrected chi connectivity index (χ4v) is 4.46. The van der Waals surface area contributed by atoms with Gasteiger partial charge < -0.3 is 9.32 Å².